The maximum absolute atomic E-state index is 5.55. The molecule has 0 atom stereocenters. The van der Waals surface area contributed by atoms with Crippen molar-refractivity contribution in [1.29, 1.82) is 0 Å². The Morgan fingerprint density at radius 1 is 0.944 bits per heavy atom. The van der Waals surface area contributed by atoms with Crippen molar-refractivity contribution in [2.45, 2.75) is 65.2 Å². The topological polar surface area (TPSA) is 22.1 Å². The standard InChI is InChI=1S/C16H27NO/c1-3-5-7-8-9-10-15-11-12-16(17-14-15)18-13-6-4-2/h11-12,14H,3-10,13H2,1-2H3. The van der Waals surface area contributed by atoms with E-state index in [1.165, 1.54) is 37.7 Å². The second kappa shape index (κ2) is 9.93. The Morgan fingerprint density at radius 2 is 1.72 bits per heavy atom. The van der Waals surface area contributed by atoms with Crippen LogP contribution in [0.4, 0.5) is 0 Å². The predicted molar refractivity (Wildman–Crippen MR) is 77.1 cm³/mol. The molecule has 0 aliphatic carbocycles. The van der Waals surface area contributed by atoms with Crippen LogP contribution in [0.1, 0.15) is 64.4 Å². The molecule has 0 aliphatic heterocycles. The zero-order valence-corrected chi connectivity index (χ0v) is 12.0. The van der Waals surface area contributed by atoms with Gasteiger partial charge in [0, 0.05) is 12.3 Å². The van der Waals surface area contributed by atoms with E-state index >= 15 is 0 Å². The van der Waals surface area contributed by atoms with E-state index in [9.17, 15) is 0 Å². The van der Waals surface area contributed by atoms with Gasteiger partial charge < -0.3 is 4.74 Å². The molecule has 0 aromatic carbocycles. The van der Waals surface area contributed by atoms with Crippen LogP contribution in [0.3, 0.4) is 0 Å². The van der Waals surface area contributed by atoms with Gasteiger partial charge in [0.15, 0.2) is 0 Å². The summed E-state index contributed by atoms with van der Waals surface area (Å²) in [5.41, 5.74) is 1.33. The molecule has 0 saturated heterocycles. The van der Waals surface area contributed by atoms with E-state index in [4.69, 9.17) is 4.74 Å². The number of aromatic nitrogens is 1. The quantitative estimate of drug-likeness (QED) is 0.557. The molecule has 1 rings (SSSR count). The molecular formula is C16H27NO. The Bertz CT molecular complexity index is 294. The van der Waals surface area contributed by atoms with Gasteiger partial charge in [0.25, 0.3) is 0 Å². The van der Waals surface area contributed by atoms with Crippen molar-refractivity contribution in [1.82, 2.24) is 4.98 Å². The summed E-state index contributed by atoms with van der Waals surface area (Å²) in [6.45, 7) is 5.19. The fraction of sp³-hybridized carbons (Fsp3) is 0.688. The molecule has 0 amide bonds. The molecule has 1 aromatic heterocycles. The third kappa shape index (κ3) is 6.63. The first kappa shape index (κ1) is 15.0. The summed E-state index contributed by atoms with van der Waals surface area (Å²) >= 11 is 0. The minimum atomic E-state index is 0.762. The number of unbranched alkanes of at least 4 members (excludes halogenated alkanes) is 5. The molecule has 0 saturated carbocycles. The Balaban J connectivity index is 2.19. The van der Waals surface area contributed by atoms with Crippen LogP contribution in [0.5, 0.6) is 5.88 Å². The molecule has 1 heterocycles. The summed E-state index contributed by atoms with van der Waals surface area (Å²) in [4.78, 5) is 4.34. The van der Waals surface area contributed by atoms with E-state index in [2.05, 4.69) is 24.9 Å². The van der Waals surface area contributed by atoms with Crippen molar-refractivity contribution in [3.8, 4) is 5.88 Å². The molecule has 2 nitrogen and oxygen atoms in total. The van der Waals surface area contributed by atoms with Gasteiger partial charge in [-0.3, -0.25) is 0 Å². The van der Waals surface area contributed by atoms with Crippen LogP contribution in [-0.4, -0.2) is 11.6 Å². The van der Waals surface area contributed by atoms with Crippen LogP contribution in [0.15, 0.2) is 18.3 Å². The minimum Gasteiger partial charge on any atom is -0.478 e. The Morgan fingerprint density at radius 3 is 2.39 bits per heavy atom. The zero-order chi connectivity index (χ0) is 13.1. The second-order valence-electron chi connectivity index (χ2n) is 4.87. The van der Waals surface area contributed by atoms with E-state index < -0.39 is 0 Å². The predicted octanol–water partition coefficient (Wildman–Crippen LogP) is 4.77. The SMILES string of the molecule is CCCCCCCc1ccc(OCCCC)nc1. The van der Waals surface area contributed by atoms with Gasteiger partial charge in [-0.2, -0.15) is 0 Å². The lowest BCUT2D eigenvalue weighted by atomic mass is 10.1. The Hall–Kier alpha value is -1.05. The number of nitrogens with zero attached hydrogens (tertiary/aromatic N) is 1. The van der Waals surface area contributed by atoms with Crippen LogP contribution >= 0.6 is 0 Å². The second-order valence-corrected chi connectivity index (χ2v) is 4.87. The van der Waals surface area contributed by atoms with Gasteiger partial charge in [0.05, 0.1) is 6.61 Å². The maximum Gasteiger partial charge on any atom is 0.213 e. The fourth-order valence-corrected chi connectivity index (χ4v) is 1.90. The van der Waals surface area contributed by atoms with E-state index in [0.717, 1.165) is 31.7 Å². The smallest absolute Gasteiger partial charge is 0.213 e. The number of hydrogen-bond donors (Lipinski definition) is 0. The molecule has 0 bridgehead atoms. The van der Waals surface area contributed by atoms with Crippen LogP contribution in [-0.2, 0) is 6.42 Å². The summed E-state index contributed by atoms with van der Waals surface area (Å²) in [6, 6.07) is 4.14. The van der Waals surface area contributed by atoms with Gasteiger partial charge in [-0.05, 0) is 24.8 Å². The highest BCUT2D eigenvalue weighted by Crippen LogP contribution is 2.12. The summed E-state index contributed by atoms with van der Waals surface area (Å²) < 4.78 is 5.55. The van der Waals surface area contributed by atoms with Gasteiger partial charge in [-0.15, -0.1) is 0 Å². The third-order valence-electron chi connectivity index (χ3n) is 3.11. The number of rotatable bonds is 10. The van der Waals surface area contributed by atoms with Gasteiger partial charge in [-0.1, -0.05) is 52.0 Å². The normalized spacial score (nSPS) is 10.6. The fourth-order valence-electron chi connectivity index (χ4n) is 1.90. The van der Waals surface area contributed by atoms with E-state index in [1.54, 1.807) is 0 Å². The highest BCUT2D eigenvalue weighted by molar-refractivity contribution is 5.17. The minimum absolute atomic E-state index is 0.762. The number of ether oxygens (including phenoxy) is 1. The maximum atomic E-state index is 5.55. The van der Waals surface area contributed by atoms with Crippen LogP contribution in [0.2, 0.25) is 0 Å². The summed E-state index contributed by atoms with van der Waals surface area (Å²) in [7, 11) is 0. The van der Waals surface area contributed by atoms with Crippen molar-refractivity contribution in [2.24, 2.45) is 0 Å². The number of aryl methyl sites for hydroxylation is 1. The Kier molecular flexibility index (Phi) is 8.28. The van der Waals surface area contributed by atoms with Crippen molar-refractivity contribution in [3.63, 3.8) is 0 Å². The highest BCUT2D eigenvalue weighted by atomic mass is 16.5. The average Bonchev–Trinajstić information content (AvgIpc) is 2.40. The largest absolute Gasteiger partial charge is 0.478 e. The molecule has 2 heteroatoms. The van der Waals surface area contributed by atoms with Crippen LogP contribution in [0.25, 0.3) is 0 Å². The monoisotopic (exact) mass is 249 g/mol. The van der Waals surface area contributed by atoms with Gasteiger partial charge in [0.1, 0.15) is 0 Å². The first-order valence-electron chi connectivity index (χ1n) is 7.44. The van der Waals surface area contributed by atoms with Crippen LogP contribution in [0, 0.1) is 0 Å². The van der Waals surface area contributed by atoms with Gasteiger partial charge in [0.2, 0.25) is 5.88 Å². The molecule has 0 fully saturated rings. The van der Waals surface area contributed by atoms with Crippen LogP contribution < -0.4 is 4.74 Å². The molecular weight excluding hydrogens is 222 g/mol. The molecule has 102 valence electrons. The lowest BCUT2D eigenvalue weighted by molar-refractivity contribution is 0.297. The summed E-state index contributed by atoms with van der Waals surface area (Å²) in [5.74, 6) is 0.762. The molecule has 0 spiro atoms. The molecule has 0 N–H and O–H groups in total. The first-order chi connectivity index (χ1) is 8.86. The van der Waals surface area contributed by atoms with E-state index in [-0.39, 0.29) is 0 Å². The molecule has 0 unspecified atom stereocenters. The highest BCUT2D eigenvalue weighted by Gasteiger charge is 1.97. The summed E-state index contributed by atoms with van der Waals surface area (Å²) in [5, 5.41) is 0. The Labute approximate surface area is 112 Å². The lowest BCUT2D eigenvalue weighted by Crippen LogP contribution is -1.98. The molecule has 1 aromatic rings. The third-order valence-corrected chi connectivity index (χ3v) is 3.11. The molecule has 18 heavy (non-hydrogen) atoms. The van der Waals surface area contributed by atoms with Gasteiger partial charge in [-0.25, -0.2) is 4.98 Å². The lowest BCUT2D eigenvalue weighted by Gasteiger charge is -2.05. The van der Waals surface area contributed by atoms with Crippen molar-refractivity contribution in [2.75, 3.05) is 6.61 Å². The van der Waals surface area contributed by atoms with E-state index in [1.807, 2.05) is 12.3 Å². The van der Waals surface area contributed by atoms with Crippen molar-refractivity contribution >= 4 is 0 Å². The average molecular weight is 249 g/mol. The number of hydrogen-bond acceptors (Lipinski definition) is 2. The van der Waals surface area contributed by atoms with Crippen molar-refractivity contribution in [3.05, 3.63) is 23.9 Å². The van der Waals surface area contributed by atoms with Crippen molar-refractivity contribution < 1.29 is 4.74 Å². The number of pyridine rings is 1. The molecule has 0 aliphatic rings. The van der Waals surface area contributed by atoms with Gasteiger partial charge >= 0.3 is 0 Å². The zero-order valence-electron chi connectivity index (χ0n) is 12.0. The van der Waals surface area contributed by atoms with E-state index in [0.29, 0.717) is 0 Å². The molecule has 0 radical (unpaired) electrons. The first-order valence-corrected chi connectivity index (χ1v) is 7.44. The summed E-state index contributed by atoms with van der Waals surface area (Å²) in [6.07, 6.45) is 12.0.